The maximum Gasteiger partial charge on any atom is 0.308 e. The van der Waals surface area contributed by atoms with E-state index in [-0.39, 0.29) is 84.8 Å². The minimum atomic E-state index is -4.39. The van der Waals surface area contributed by atoms with Gasteiger partial charge in [-0.15, -0.1) is 6.58 Å². The highest BCUT2D eigenvalue weighted by molar-refractivity contribution is 7.90. The van der Waals surface area contributed by atoms with Gasteiger partial charge in [0.05, 0.1) is 14.7 Å². The number of esters is 1. The summed E-state index contributed by atoms with van der Waals surface area (Å²) in [5.74, 6) is -0.599. The van der Waals surface area contributed by atoms with Crippen LogP contribution in [0.3, 0.4) is 0 Å². The molecule has 0 aliphatic carbocycles. The highest BCUT2D eigenvalue weighted by atomic mass is 32.2. The number of carbonyl (C=O) groups excluding carboxylic acids is 1. The smallest absolute Gasteiger partial charge is 0.308 e. The van der Waals surface area contributed by atoms with E-state index in [9.17, 15) is 30.0 Å². The van der Waals surface area contributed by atoms with E-state index in [0.29, 0.717) is 50.2 Å². The number of benzene rings is 4. The van der Waals surface area contributed by atoms with E-state index in [1.165, 1.54) is 30.3 Å². The SMILES string of the molecule is C=CCNCCCNS(=O)(=O)c1cc(S(=O)(=O)NCCCNC(=C)C(=C)C)c2ccc3c(S(=O)(=O)NCCCN=C(N)C(=C)C)cc(OC(C)=O)c4ccc1c2c43. The third kappa shape index (κ3) is 11.0. The van der Waals surface area contributed by atoms with Gasteiger partial charge in [0, 0.05) is 90.3 Å². The Labute approximate surface area is 335 Å². The molecule has 0 atom stereocenters. The Kier molecular flexibility index (Phi) is 15.1. The number of amidine groups is 1. The Morgan fingerprint density at radius 1 is 0.702 bits per heavy atom. The quantitative estimate of drug-likeness (QED) is 0.00867. The fraction of sp³-hybridized carbons (Fsp3) is 0.333. The summed E-state index contributed by atoms with van der Waals surface area (Å²) in [6.07, 6.45) is 2.75. The van der Waals surface area contributed by atoms with Crippen LogP contribution in [0.4, 0.5) is 0 Å². The van der Waals surface area contributed by atoms with Crippen molar-refractivity contribution >= 4 is 74.2 Å². The van der Waals surface area contributed by atoms with E-state index in [4.69, 9.17) is 10.5 Å². The molecule has 4 aromatic rings. The number of rotatable bonds is 24. The van der Waals surface area contributed by atoms with Crippen LogP contribution in [0.5, 0.6) is 5.75 Å². The van der Waals surface area contributed by atoms with E-state index in [1.54, 1.807) is 19.9 Å². The molecule has 4 rings (SSSR count). The van der Waals surface area contributed by atoms with Crippen molar-refractivity contribution in [1.29, 1.82) is 0 Å². The summed E-state index contributed by atoms with van der Waals surface area (Å²) in [7, 11) is -13.1. The third-order valence-electron chi connectivity index (χ3n) is 8.83. The molecule has 18 heteroatoms. The summed E-state index contributed by atoms with van der Waals surface area (Å²) >= 11 is 0. The van der Waals surface area contributed by atoms with Crippen molar-refractivity contribution in [1.82, 2.24) is 24.8 Å². The van der Waals surface area contributed by atoms with Crippen molar-refractivity contribution in [3.8, 4) is 5.75 Å². The van der Waals surface area contributed by atoms with Crippen LogP contribution in [0.15, 0.2) is 105 Å². The summed E-state index contributed by atoms with van der Waals surface area (Å²) in [5.41, 5.74) is 7.75. The van der Waals surface area contributed by atoms with Crippen LogP contribution in [0.2, 0.25) is 0 Å². The maximum absolute atomic E-state index is 14.1. The highest BCUT2D eigenvalue weighted by Gasteiger charge is 2.30. The second-order valence-electron chi connectivity index (χ2n) is 13.4. The van der Waals surface area contributed by atoms with Gasteiger partial charge in [-0.05, 0) is 62.9 Å². The van der Waals surface area contributed by atoms with Gasteiger partial charge in [-0.3, -0.25) is 9.79 Å². The lowest BCUT2D eigenvalue weighted by atomic mass is 9.93. The Hall–Kier alpha value is -4.69. The van der Waals surface area contributed by atoms with Gasteiger partial charge in [-0.25, -0.2) is 39.4 Å². The second kappa shape index (κ2) is 19.2. The van der Waals surface area contributed by atoms with Crippen LogP contribution in [-0.2, 0) is 34.9 Å². The van der Waals surface area contributed by atoms with E-state index >= 15 is 0 Å². The zero-order valence-corrected chi connectivity index (χ0v) is 34.9. The lowest BCUT2D eigenvalue weighted by Gasteiger charge is -2.21. The molecular weight excluding hydrogens is 791 g/mol. The standard InChI is InChI=1S/C39H51N7O8S3/c1-8-16-41-17-9-20-44-56(50,51)35-24-36(57(52,53)46-21-10-18-42-27(6)25(2)3)32-15-14-30-34(55(48,49)45-22-11-19-43-39(40)26(4)5)23-33(54-28(7)47)29-12-13-31(35)38(32)37(29)30/h8,12-15,23-24,41-42,44-46H,1-2,4,6,9-11,16-22H2,3,5,7H3,(H2,40,43). The van der Waals surface area contributed by atoms with Gasteiger partial charge in [0.25, 0.3) is 0 Å². The molecule has 15 nitrogen and oxygen atoms in total. The zero-order valence-electron chi connectivity index (χ0n) is 32.5. The van der Waals surface area contributed by atoms with Crippen molar-refractivity contribution in [2.45, 2.75) is 54.7 Å². The number of aliphatic imine (C=N–C) groups is 1. The predicted octanol–water partition coefficient (Wildman–Crippen LogP) is 3.90. The molecule has 0 aromatic heterocycles. The monoisotopic (exact) mass is 841 g/mol. The minimum absolute atomic E-state index is 0.00537. The molecule has 7 N–H and O–H groups in total. The lowest BCUT2D eigenvalue weighted by Crippen LogP contribution is -2.29. The summed E-state index contributed by atoms with van der Waals surface area (Å²) in [5, 5.41) is 7.17. The fourth-order valence-corrected chi connectivity index (χ4v) is 9.90. The molecule has 0 radical (unpaired) electrons. The number of nitrogens with one attached hydrogen (secondary N) is 5. The highest BCUT2D eigenvalue weighted by Crippen LogP contribution is 2.45. The third-order valence-corrected chi connectivity index (χ3v) is 13.3. The number of ether oxygens (including phenoxy) is 1. The molecule has 0 unspecified atom stereocenters. The van der Waals surface area contributed by atoms with Crippen LogP contribution >= 0.6 is 0 Å². The van der Waals surface area contributed by atoms with Gasteiger partial charge in [0.15, 0.2) is 0 Å². The largest absolute Gasteiger partial charge is 0.426 e. The van der Waals surface area contributed by atoms with Crippen molar-refractivity contribution in [2.24, 2.45) is 10.7 Å². The van der Waals surface area contributed by atoms with Crippen LogP contribution in [0.25, 0.3) is 32.3 Å². The normalized spacial score (nSPS) is 12.6. The van der Waals surface area contributed by atoms with Gasteiger partial charge in [-0.1, -0.05) is 44.0 Å². The minimum Gasteiger partial charge on any atom is -0.426 e. The van der Waals surface area contributed by atoms with Crippen molar-refractivity contribution in [3.05, 3.63) is 85.6 Å². The van der Waals surface area contributed by atoms with E-state index in [2.05, 4.69) is 56.1 Å². The number of carbonyl (C=O) groups is 1. The summed E-state index contributed by atoms with van der Waals surface area (Å²) in [4.78, 5) is 15.6. The number of allylic oxidation sites excluding steroid dienone is 1. The molecule has 4 aromatic carbocycles. The van der Waals surface area contributed by atoms with Gasteiger partial charge in [0.2, 0.25) is 30.1 Å². The molecule has 0 aliphatic heterocycles. The van der Waals surface area contributed by atoms with E-state index < -0.39 is 36.0 Å². The average molecular weight is 842 g/mol. The zero-order chi connectivity index (χ0) is 42.1. The maximum atomic E-state index is 14.1. The first-order valence-electron chi connectivity index (χ1n) is 18.1. The number of nitrogens with zero attached hydrogens (tertiary/aromatic N) is 1. The molecule has 0 spiro atoms. The molecule has 0 heterocycles. The van der Waals surface area contributed by atoms with E-state index in [0.717, 1.165) is 18.6 Å². The number of hydrogen-bond acceptors (Lipinski definition) is 11. The molecule has 0 saturated heterocycles. The van der Waals surface area contributed by atoms with Crippen LogP contribution < -0.4 is 35.3 Å². The first-order valence-corrected chi connectivity index (χ1v) is 22.6. The Morgan fingerprint density at radius 2 is 1.18 bits per heavy atom. The summed E-state index contributed by atoms with van der Waals surface area (Å²) < 4.78 is 97.6. The van der Waals surface area contributed by atoms with Gasteiger partial charge < -0.3 is 21.1 Å². The first kappa shape index (κ1) is 45.0. The Morgan fingerprint density at radius 3 is 1.67 bits per heavy atom. The molecule has 0 bridgehead atoms. The molecule has 0 aliphatic rings. The van der Waals surface area contributed by atoms with Crippen molar-refractivity contribution < 1.29 is 34.8 Å². The Bertz CT molecular complexity index is 2570. The lowest BCUT2D eigenvalue weighted by molar-refractivity contribution is -0.131. The number of sulfonamides is 3. The molecular formula is C39H51N7O8S3. The topological polar surface area (TPSA) is 227 Å². The van der Waals surface area contributed by atoms with Gasteiger partial charge in [-0.2, -0.15) is 0 Å². The molecule has 308 valence electrons. The first-order chi connectivity index (χ1) is 26.8. The van der Waals surface area contributed by atoms with Crippen LogP contribution in [0.1, 0.15) is 40.0 Å². The molecule has 0 saturated carbocycles. The van der Waals surface area contributed by atoms with Crippen LogP contribution in [-0.4, -0.2) is 82.9 Å². The second-order valence-corrected chi connectivity index (χ2v) is 18.6. The number of nitrogens with two attached hydrogens (primary N) is 1. The summed E-state index contributed by atoms with van der Waals surface area (Å²) in [6, 6.07) is 8.25. The van der Waals surface area contributed by atoms with Gasteiger partial charge >= 0.3 is 5.97 Å². The average Bonchev–Trinajstić information content (AvgIpc) is 3.14. The predicted molar refractivity (Wildman–Crippen MR) is 227 cm³/mol. The molecule has 0 fully saturated rings. The van der Waals surface area contributed by atoms with Gasteiger partial charge in [0.1, 0.15) is 11.6 Å². The summed E-state index contributed by atoms with van der Waals surface area (Å²) in [6.45, 7) is 21.4. The van der Waals surface area contributed by atoms with E-state index in [1.807, 2.05) is 0 Å². The molecule has 0 amide bonds. The fourth-order valence-electron chi connectivity index (χ4n) is 5.93. The van der Waals surface area contributed by atoms with Crippen molar-refractivity contribution in [3.63, 3.8) is 0 Å². The molecule has 57 heavy (non-hydrogen) atoms. The van der Waals surface area contributed by atoms with Crippen molar-refractivity contribution in [2.75, 3.05) is 45.8 Å². The number of hydrogen-bond donors (Lipinski definition) is 6. The van der Waals surface area contributed by atoms with Crippen LogP contribution in [0, 0.1) is 0 Å². The Balaban J connectivity index is 1.92.